The number of hydrogen-bond acceptors (Lipinski definition) is 5. The highest BCUT2D eigenvalue weighted by atomic mass is 79.9. The highest BCUT2D eigenvalue weighted by Gasteiger charge is 2.15. The Bertz CT molecular complexity index is 1250. The van der Waals surface area contributed by atoms with Crippen molar-refractivity contribution in [3.63, 3.8) is 0 Å². The van der Waals surface area contributed by atoms with Gasteiger partial charge in [-0.3, -0.25) is 4.79 Å². The van der Waals surface area contributed by atoms with Crippen molar-refractivity contribution in [2.75, 3.05) is 7.11 Å². The van der Waals surface area contributed by atoms with E-state index in [0.717, 1.165) is 34.9 Å². The molecule has 3 aromatic rings. The first-order valence-corrected chi connectivity index (χ1v) is 12.4. The summed E-state index contributed by atoms with van der Waals surface area (Å²) in [5, 5.41) is 5.09. The summed E-state index contributed by atoms with van der Waals surface area (Å²) in [5.74, 6) is 1.99. The Hall–Kier alpha value is -2.93. The SMILES string of the molecule is C=CCc1cc(C=Nn2c(CCCC)nc3ccc(Br)cc3c2=O)cc(OC)c1O[C@H](C)CC. The Labute approximate surface area is 209 Å². The molecule has 0 N–H and O–H groups in total. The predicted octanol–water partition coefficient (Wildman–Crippen LogP) is 6.30. The first-order valence-electron chi connectivity index (χ1n) is 11.7. The third-order valence-corrected chi connectivity index (χ3v) is 6.08. The smallest absolute Gasteiger partial charge is 0.282 e. The summed E-state index contributed by atoms with van der Waals surface area (Å²) < 4.78 is 14.0. The van der Waals surface area contributed by atoms with Gasteiger partial charge in [0.1, 0.15) is 5.82 Å². The summed E-state index contributed by atoms with van der Waals surface area (Å²) in [6.45, 7) is 10.1. The quantitative estimate of drug-likeness (QED) is 0.217. The maximum Gasteiger partial charge on any atom is 0.282 e. The average Bonchev–Trinajstić information content (AvgIpc) is 2.83. The fourth-order valence-corrected chi connectivity index (χ4v) is 3.93. The zero-order chi connectivity index (χ0) is 24.7. The number of benzene rings is 2. The molecule has 1 atom stereocenters. The van der Waals surface area contributed by atoms with E-state index in [1.165, 1.54) is 4.68 Å². The van der Waals surface area contributed by atoms with Gasteiger partial charge < -0.3 is 9.47 Å². The van der Waals surface area contributed by atoms with Gasteiger partial charge in [-0.05, 0) is 62.1 Å². The second-order valence-electron chi connectivity index (χ2n) is 8.20. The number of aryl methyl sites for hydroxylation is 1. The Kier molecular flexibility index (Phi) is 9.05. The summed E-state index contributed by atoms with van der Waals surface area (Å²) in [4.78, 5) is 18.1. The maximum atomic E-state index is 13.3. The Morgan fingerprint density at radius 2 is 2.06 bits per heavy atom. The summed E-state index contributed by atoms with van der Waals surface area (Å²) in [5.41, 5.74) is 2.24. The number of rotatable bonds is 11. The van der Waals surface area contributed by atoms with Crippen molar-refractivity contribution in [2.24, 2.45) is 5.10 Å². The molecule has 0 aliphatic carbocycles. The van der Waals surface area contributed by atoms with Crippen molar-refractivity contribution in [2.45, 2.75) is 59.0 Å². The number of hydrogen-bond donors (Lipinski definition) is 0. The molecule has 0 saturated carbocycles. The zero-order valence-corrected chi connectivity index (χ0v) is 21.9. The van der Waals surface area contributed by atoms with Gasteiger partial charge in [0.05, 0.1) is 30.3 Å². The van der Waals surface area contributed by atoms with E-state index in [1.54, 1.807) is 19.4 Å². The van der Waals surface area contributed by atoms with Crippen LogP contribution in [0.2, 0.25) is 0 Å². The van der Waals surface area contributed by atoms with E-state index in [2.05, 4.69) is 41.5 Å². The number of aromatic nitrogens is 2. The van der Waals surface area contributed by atoms with Gasteiger partial charge in [0.2, 0.25) is 0 Å². The summed E-state index contributed by atoms with van der Waals surface area (Å²) >= 11 is 3.45. The molecular formula is C27H32BrN3O3. The number of nitrogens with zero attached hydrogens (tertiary/aromatic N) is 3. The van der Waals surface area contributed by atoms with E-state index >= 15 is 0 Å². The van der Waals surface area contributed by atoms with Crippen molar-refractivity contribution in [1.82, 2.24) is 9.66 Å². The minimum atomic E-state index is -0.191. The van der Waals surface area contributed by atoms with Crippen LogP contribution in [0.25, 0.3) is 10.9 Å². The molecule has 34 heavy (non-hydrogen) atoms. The molecule has 0 spiro atoms. The van der Waals surface area contributed by atoms with Crippen LogP contribution < -0.4 is 15.0 Å². The first kappa shape index (κ1) is 25.7. The maximum absolute atomic E-state index is 13.3. The normalized spacial score (nSPS) is 12.3. The van der Waals surface area contributed by atoms with E-state index < -0.39 is 0 Å². The van der Waals surface area contributed by atoms with Crippen molar-refractivity contribution >= 4 is 33.0 Å². The van der Waals surface area contributed by atoms with E-state index in [9.17, 15) is 4.79 Å². The minimum Gasteiger partial charge on any atom is -0.493 e. The topological polar surface area (TPSA) is 65.7 Å². The Morgan fingerprint density at radius 1 is 1.26 bits per heavy atom. The number of halogens is 1. The predicted molar refractivity (Wildman–Crippen MR) is 143 cm³/mol. The first-order chi connectivity index (χ1) is 16.4. The van der Waals surface area contributed by atoms with Gasteiger partial charge in [0, 0.05) is 16.5 Å². The monoisotopic (exact) mass is 525 g/mol. The van der Waals surface area contributed by atoms with Crippen LogP contribution in [0, 0.1) is 0 Å². The molecule has 0 aliphatic heterocycles. The molecule has 0 aliphatic rings. The molecule has 7 heteroatoms. The fourth-order valence-electron chi connectivity index (χ4n) is 3.57. The molecule has 6 nitrogen and oxygen atoms in total. The third-order valence-electron chi connectivity index (χ3n) is 5.58. The standard InChI is InChI=1S/C27H32BrN3O3/c1-6-9-11-25-30-23-13-12-21(28)16-22(23)27(32)31(25)29-17-19-14-20(10-7-2)26(24(15-19)33-5)34-18(4)8-3/h7,12-18H,2,6,8-11H2,1,3-5H3/t18-/m1/s1. The van der Waals surface area contributed by atoms with E-state index in [1.807, 2.05) is 37.3 Å². The van der Waals surface area contributed by atoms with Crippen molar-refractivity contribution < 1.29 is 9.47 Å². The van der Waals surface area contributed by atoms with Gasteiger partial charge in [-0.1, -0.05) is 42.3 Å². The van der Waals surface area contributed by atoms with Crippen molar-refractivity contribution in [3.05, 3.63) is 74.8 Å². The summed E-state index contributed by atoms with van der Waals surface area (Å²) in [6, 6.07) is 9.39. The molecule has 0 unspecified atom stereocenters. The summed E-state index contributed by atoms with van der Waals surface area (Å²) in [7, 11) is 1.62. The average molecular weight is 526 g/mol. The van der Waals surface area contributed by atoms with E-state index in [4.69, 9.17) is 14.5 Å². The van der Waals surface area contributed by atoms with Gasteiger partial charge in [-0.25, -0.2) is 4.98 Å². The van der Waals surface area contributed by atoms with Gasteiger partial charge >= 0.3 is 0 Å². The van der Waals surface area contributed by atoms with Gasteiger partial charge in [-0.15, -0.1) is 6.58 Å². The van der Waals surface area contributed by atoms with Gasteiger partial charge in [0.25, 0.3) is 5.56 Å². The Balaban J connectivity index is 2.11. The number of allylic oxidation sites excluding steroid dienone is 1. The second-order valence-corrected chi connectivity index (χ2v) is 9.11. The fraction of sp³-hybridized carbons (Fsp3) is 0.370. The highest BCUT2D eigenvalue weighted by Crippen LogP contribution is 2.34. The molecule has 0 bridgehead atoms. The van der Waals surface area contributed by atoms with Crippen LogP contribution in [0.15, 0.2) is 57.4 Å². The van der Waals surface area contributed by atoms with E-state index in [0.29, 0.717) is 41.1 Å². The van der Waals surface area contributed by atoms with Crippen LogP contribution in [-0.2, 0) is 12.8 Å². The lowest BCUT2D eigenvalue weighted by Crippen LogP contribution is -2.22. The third kappa shape index (κ3) is 5.95. The molecule has 1 heterocycles. The van der Waals surface area contributed by atoms with Crippen LogP contribution in [-0.4, -0.2) is 29.1 Å². The molecule has 180 valence electrons. The van der Waals surface area contributed by atoms with Crippen LogP contribution in [0.1, 0.15) is 57.0 Å². The lowest BCUT2D eigenvalue weighted by molar-refractivity contribution is 0.206. The number of methoxy groups -OCH3 is 1. The highest BCUT2D eigenvalue weighted by molar-refractivity contribution is 9.10. The van der Waals surface area contributed by atoms with Crippen LogP contribution in [0.3, 0.4) is 0 Å². The molecule has 0 amide bonds. The molecule has 0 radical (unpaired) electrons. The largest absolute Gasteiger partial charge is 0.493 e. The minimum absolute atomic E-state index is 0.0553. The number of unbranched alkanes of at least 4 members (excludes halogenated alkanes) is 1. The van der Waals surface area contributed by atoms with Crippen LogP contribution in [0.5, 0.6) is 11.5 Å². The lowest BCUT2D eigenvalue weighted by Gasteiger charge is -2.19. The molecule has 3 rings (SSSR count). The van der Waals surface area contributed by atoms with Gasteiger partial charge in [0.15, 0.2) is 11.5 Å². The van der Waals surface area contributed by atoms with Crippen LogP contribution >= 0.6 is 15.9 Å². The molecular weight excluding hydrogens is 494 g/mol. The summed E-state index contributed by atoms with van der Waals surface area (Å²) in [6.07, 6.45) is 7.65. The number of ether oxygens (including phenoxy) is 2. The second kappa shape index (κ2) is 12.0. The lowest BCUT2D eigenvalue weighted by atomic mass is 10.1. The molecule has 1 aromatic heterocycles. The Morgan fingerprint density at radius 3 is 2.74 bits per heavy atom. The zero-order valence-electron chi connectivity index (χ0n) is 20.3. The van der Waals surface area contributed by atoms with Gasteiger partial charge in [-0.2, -0.15) is 9.78 Å². The number of fused-ring (bicyclic) bond motifs is 1. The van der Waals surface area contributed by atoms with Crippen LogP contribution in [0.4, 0.5) is 0 Å². The van der Waals surface area contributed by atoms with E-state index in [-0.39, 0.29) is 11.7 Å². The molecule has 2 aromatic carbocycles. The van der Waals surface area contributed by atoms with Crippen molar-refractivity contribution in [3.8, 4) is 11.5 Å². The van der Waals surface area contributed by atoms with Crippen molar-refractivity contribution in [1.29, 1.82) is 0 Å². The molecule has 0 saturated heterocycles. The molecule has 0 fully saturated rings.